The number of nitro benzene ring substituents is 1. The largest absolute Gasteiger partial charge is 0.463 e. The van der Waals surface area contributed by atoms with E-state index in [9.17, 15) is 34.1 Å². The zero-order chi connectivity index (χ0) is 27.0. The molecule has 15 nitrogen and oxygen atoms in total. The van der Waals surface area contributed by atoms with Crippen LogP contribution in [0.3, 0.4) is 0 Å². The molecular formula is C21H24N2O13. The van der Waals surface area contributed by atoms with Crippen LogP contribution in [0.15, 0.2) is 24.3 Å². The smallest absolute Gasteiger partial charge is 0.414 e. The van der Waals surface area contributed by atoms with Crippen LogP contribution in [0.4, 0.5) is 10.5 Å². The number of benzene rings is 1. The topological polar surface area (TPSA) is 196 Å². The Balaban J connectivity index is 2.33. The van der Waals surface area contributed by atoms with Crippen molar-refractivity contribution >= 4 is 35.7 Å². The Labute approximate surface area is 204 Å². The number of esters is 4. The predicted octanol–water partition coefficient (Wildman–Crippen LogP) is 0.766. The minimum absolute atomic E-state index is 0.0660. The van der Waals surface area contributed by atoms with E-state index in [1.165, 1.54) is 12.1 Å². The summed E-state index contributed by atoms with van der Waals surface area (Å²) in [5.41, 5.74) is -0.234. The van der Waals surface area contributed by atoms with Crippen molar-refractivity contribution in [3.63, 3.8) is 0 Å². The van der Waals surface area contributed by atoms with Crippen LogP contribution in [0.5, 0.6) is 5.75 Å². The average Bonchev–Trinajstić information content (AvgIpc) is 2.76. The minimum atomic E-state index is -1.53. The molecule has 1 aromatic carbocycles. The summed E-state index contributed by atoms with van der Waals surface area (Å²) in [4.78, 5) is 69.3. The number of nitro groups is 1. The Kier molecular flexibility index (Phi) is 9.66. The van der Waals surface area contributed by atoms with E-state index in [0.717, 1.165) is 39.8 Å². The van der Waals surface area contributed by atoms with E-state index in [4.69, 9.17) is 28.4 Å². The molecule has 36 heavy (non-hydrogen) atoms. The first kappa shape index (κ1) is 28.0. The maximum atomic E-state index is 12.5. The molecule has 1 fully saturated rings. The van der Waals surface area contributed by atoms with E-state index < -0.39 is 72.1 Å². The first-order chi connectivity index (χ1) is 16.9. The highest BCUT2D eigenvalue weighted by Crippen LogP contribution is 2.28. The maximum absolute atomic E-state index is 12.5. The third-order valence-electron chi connectivity index (χ3n) is 4.51. The fourth-order valence-corrected chi connectivity index (χ4v) is 3.23. The highest BCUT2D eigenvalue weighted by atomic mass is 16.7. The van der Waals surface area contributed by atoms with E-state index in [1.807, 2.05) is 0 Å². The molecule has 1 amide bonds. The third kappa shape index (κ3) is 8.19. The van der Waals surface area contributed by atoms with Gasteiger partial charge in [0.05, 0.1) is 4.92 Å². The highest BCUT2D eigenvalue weighted by Gasteiger charge is 2.52. The first-order valence-corrected chi connectivity index (χ1v) is 10.4. The lowest BCUT2D eigenvalue weighted by molar-refractivity contribution is -0.384. The molecule has 0 unspecified atom stereocenters. The molecule has 1 saturated heterocycles. The van der Waals surface area contributed by atoms with Crippen molar-refractivity contribution in [1.82, 2.24) is 5.32 Å². The summed E-state index contributed by atoms with van der Waals surface area (Å²) < 4.78 is 31.4. The van der Waals surface area contributed by atoms with Gasteiger partial charge in [-0.2, -0.15) is 0 Å². The number of amides is 1. The molecular weight excluding hydrogens is 488 g/mol. The molecule has 0 spiro atoms. The number of rotatable bonds is 8. The van der Waals surface area contributed by atoms with Crippen molar-refractivity contribution in [3.05, 3.63) is 34.4 Å². The summed E-state index contributed by atoms with van der Waals surface area (Å²) in [5, 5.41) is 13.1. The molecule has 1 aromatic rings. The molecule has 0 aromatic heterocycles. The van der Waals surface area contributed by atoms with Gasteiger partial charge >= 0.3 is 30.0 Å². The molecule has 1 aliphatic heterocycles. The molecule has 196 valence electrons. The second-order valence-corrected chi connectivity index (χ2v) is 7.40. The average molecular weight is 512 g/mol. The lowest BCUT2D eigenvalue weighted by Crippen LogP contribution is -2.66. The summed E-state index contributed by atoms with van der Waals surface area (Å²) in [5.74, 6) is -3.26. The molecule has 0 saturated carbocycles. The van der Waals surface area contributed by atoms with Gasteiger partial charge in [-0.25, -0.2) is 4.79 Å². The second-order valence-electron chi connectivity index (χ2n) is 7.40. The summed E-state index contributed by atoms with van der Waals surface area (Å²) in [7, 11) is 0. The van der Waals surface area contributed by atoms with Crippen molar-refractivity contribution in [2.75, 3.05) is 6.61 Å². The minimum Gasteiger partial charge on any atom is -0.463 e. The van der Waals surface area contributed by atoms with Crippen LogP contribution in [0, 0.1) is 10.1 Å². The summed E-state index contributed by atoms with van der Waals surface area (Å²) in [6.45, 7) is 3.81. The van der Waals surface area contributed by atoms with Gasteiger partial charge < -0.3 is 28.4 Å². The number of hydrogen-bond acceptors (Lipinski definition) is 13. The van der Waals surface area contributed by atoms with Crippen molar-refractivity contribution in [1.29, 1.82) is 0 Å². The SMILES string of the molecule is CC(=O)OC[C@H]1O[C@@H](NC(=O)Oc2ccc([N+](=O)[O-])cc2)[C@H](OC(C)=O)[C@@H](OC(C)=O)[C@@H]1OC(C)=O. The molecule has 2 rings (SSSR count). The first-order valence-electron chi connectivity index (χ1n) is 10.4. The van der Waals surface area contributed by atoms with Gasteiger partial charge in [0.1, 0.15) is 18.5 Å². The Hall–Kier alpha value is -4.27. The lowest BCUT2D eigenvalue weighted by Gasteiger charge is -2.44. The van der Waals surface area contributed by atoms with Gasteiger partial charge in [-0.05, 0) is 12.1 Å². The number of non-ortho nitro benzene ring substituents is 1. The molecule has 1 heterocycles. The normalized spacial score (nSPS) is 22.9. The van der Waals surface area contributed by atoms with Gasteiger partial charge in [0, 0.05) is 39.8 Å². The van der Waals surface area contributed by atoms with E-state index >= 15 is 0 Å². The van der Waals surface area contributed by atoms with Gasteiger partial charge in [0.25, 0.3) is 5.69 Å². The number of carbonyl (C=O) groups is 5. The number of nitrogens with zero attached hydrogens (tertiary/aromatic N) is 1. The monoisotopic (exact) mass is 512 g/mol. The molecule has 1 N–H and O–H groups in total. The van der Waals surface area contributed by atoms with Crippen LogP contribution in [0.25, 0.3) is 0 Å². The van der Waals surface area contributed by atoms with Crippen molar-refractivity contribution in [3.8, 4) is 5.75 Å². The number of ether oxygens (including phenoxy) is 6. The molecule has 1 aliphatic rings. The van der Waals surface area contributed by atoms with E-state index in [0.29, 0.717) is 0 Å². The standard InChI is InChI=1S/C21H24N2O13/c1-10(24)31-9-16-17(32-11(2)25)18(33-12(3)26)19(34-13(4)27)20(36-16)22-21(28)35-15-7-5-14(6-8-15)23(29)30/h5-8,16-20H,9H2,1-4H3,(H,22,28)/t16-,17-,18+,19-,20-/m1/s1. The van der Waals surface area contributed by atoms with Crippen LogP contribution >= 0.6 is 0 Å². The van der Waals surface area contributed by atoms with E-state index in [1.54, 1.807) is 0 Å². The molecule has 5 atom stereocenters. The van der Waals surface area contributed by atoms with Gasteiger partial charge in [-0.1, -0.05) is 0 Å². The quantitative estimate of drug-likeness (QED) is 0.222. The Morgan fingerprint density at radius 3 is 1.89 bits per heavy atom. The molecule has 15 heteroatoms. The Bertz CT molecular complexity index is 1010. The van der Waals surface area contributed by atoms with Crippen LogP contribution in [-0.4, -0.2) is 72.1 Å². The molecule has 0 aliphatic carbocycles. The Morgan fingerprint density at radius 1 is 0.861 bits per heavy atom. The summed E-state index contributed by atoms with van der Waals surface area (Å²) in [6, 6.07) is 4.56. The van der Waals surface area contributed by atoms with E-state index in [-0.39, 0.29) is 11.4 Å². The van der Waals surface area contributed by atoms with Crippen LogP contribution in [-0.2, 0) is 42.9 Å². The fourth-order valence-electron chi connectivity index (χ4n) is 3.23. The summed E-state index contributed by atoms with van der Waals surface area (Å²) >= 11 is 0. The Morgan fingerprint density at radius 2 is 1.39 bits per heavy atom. The van der Waals surface area contributed by atoms with E-state index in [2.05, 4.69) is 5.32 Å². The van der Waals surface area contributed by atoms with Crippen LogP contribution < -0.4 is 10.1 Å². The summed E-state index contributed by atoms with van der Waals surface area (Å²) in [6.07, 6.45) is -8.32. The number of nitrogens with one attached hydrogen (secondary N) is 1. The van der Waals surface area contributed by atoms with Crippen LogP contribution in [0.2, 0.25) is 0 Å². The third-order valence-corrected chi connectivity index (χ3v) is 4.51. The fraction of sp³-hybridized carbons (Fsp3) is 0.476. The zero-order valence-corrected chi connectivity index (χ0v) is 19.7. The second kappa shape index (κ2) is 12.4. The number of hydrogen-bond donors (Lipinski definition) is 1. The lowest BCUT2D eigenvalue weighted by atomic mass is 9.97. The molecule has 0 bridgehead atoms. The van der Waals surface area contributed by atoms with Crippen molar-refractivity contribution < 1.29 is 57.3 Å². The highest BCUT2D eigenvalue weighted by molar-refractivity contribution is 5.71. The van der Waals surface area contributed by atoms with Crippen LogP contribution in [0.1, 0.15) is 27.7 Å². The zero-order valence-electron chi connectivity index (χ0n) is 19.7. The van der Waals surface area contributed by atoms with Crippen molar-refractivity contribution in [2.24, 2.45) is 0 Å². The van der Waals surface area contributed by atoms with Gasteiger partial charge in [0.2, 0.25) is 0 Å². The molecule has 0 radical (unpaired) electrons. The number of carbonyl (C=O) groups excluding carboxylic acids is 5. The van der Waals surface area contributed by atoms with Gasteiger partial charge in [0.15, 0.2) is 24.5 Å². The van der Waals surface area contributed by atoms with Gasteiger partial charge in [-0.3, -0.25) is 34.6 Å². The van der Waals surface area contributed by atoms with Crippen molar-refractivity contribution in [2.45, 2.75) is 58.3 Å². The predicted molar refractivity (Wildman–Crippen MR) is 114 cm³/mol. The van der Waals surface area contributed by atoms with Gasteiger partial charge in [-0.15, -0.1) is 0 Å². The maximum Gasteiger partial charge on any atom is 0.414 e.